The highest BCUT2D eigenvalue weighted by Crippen LogP contribution is 2.31. The molecular weight excluding hydrogens is 381 g/mol. The van der Waals surface area contributed by atoms with Crippen molar-refractivity contribution in [3.05, 3.63) is 71.1 Å². The van der Waals surface area contributed by atoms with Gasteiger partial charge in [0.2, 0.25) is 11.7 Å². The monoisotopic (exact) mass is 398 g/mol. The second-order valence-corrected chi connectivity index (χ2v) is 6.77. The maximum Gasteiger partial charge on any atom is 0.416 e. The van der Waals surface area contributed by atoms with Crippen molar-refractivity contribution in [2.24, 2.45) is 0 Å². The van der Waals surface area contributed by atoms with Crippen LogP contribution in [-0.2, 0) is 12.7 Å². The molecule has 0 unspecified atom stereocenters. The molecule has 0 fully saturated rings. The van der Waals surface area contributed by atoms with Crippen molar-refractivity contribution in [1.82, 2.24) is 15.1 Å². The molecule has 0 bridgehead atoms. The summed E-state index contributed by atoms with van der Waals surface area (Å²) in [5.41, 5.74) is 2.26. The molecule has 0 aliphatic carbocycles. The highest BCUT2D eigenvalue weighted by molar-refractivity contribution is 5.88. The molecule has 0 atom stereocenters. The van der Waals surface area contributed by atoms with Crippen LogP contribution in [0.5, 0.6) is 0 Å². The first-order valence-electron chi connectivity index (χ1n) is 8.92. The van der Waals surface area contributed by atoms with E-state index in [1.807, 2.05) is 31.2 Å². The van der Waals surface area contributed by atoms with Crippen molar-refractivity contribution in [2.45, 2.75) is 26.6 Å². The van der Waals surface area contributed by atoms with E-state index in [4.69, 9.17) is 4.52 Å². The first kappa shape index (κ1) is 18.9. The van der Waals surface area contributed by atoms with Crippen LogP contribution in [0.4, 0.5) is 19.0 Å². The summed E-state index contributed by atoms with van der Waals surface area (Å²) < 4.78 is 44.0. The zero-order chi connectivity index (χ0) is 20.6. The Hall–Kier alpha value is -3.42. The average molecular weight is 398 g/mol. The maximum atomic E-state index is 13.0. The van der Waals surface area contributed by atoms with Crippen molar-refractivity contribution in [2.75, 3.05) is 5.32 Å². The van der Waals surface area contributed by atoms with Gasteiger partial charge >= 0.3 is 6.18 Å². The third kappa shape index (κ3) is 4.06. The van der Waals surface area contributed by atoms with Crippen LogP contribution >= 0.6 is 0 Å². The minimum Gasteiger partial charge on any atom is -0.365 e. The van der Waals surface area contributed by atoms with E-state index in [1.54, 1.807) is 13.0 Å². The van der Waals surface area contributed by atoms with Gasteiger partial charge in [-0.2, -0.15) is 18.2 Å². The number of pyridine rings is 1. The van der Waals surface area contributed by atoms with Gasteiger partial charge in [0, 0.05) is 18.9 Å². The second kappa shape index (κ2) is 7.20. The Morgan fingerprint density at radius 1 is 1.00 bits per heavy atom. The summed E-state index contributed by atoms with van der Waals surface area (Å²) in [5.74, 6) is 1.25. The summed E-state index contributed by atoms with van der Waals surface area (Å²) in [5, 5.41) is 7.99. The summed E-state index contributed by atoms with van der Waals surface area (Å²) in [6.07, 6.45) is -4.39. The molecule has 0 aliphatic heterocycles. The van der Waals surface area contributed by atoms with Crippen LogP contribution in [0.2, 0.25) is 0 Å². The van der Waals surface area contributed by atoms with Crippen molar-refractivity contribution in [1.29, 1.82) is 0 Å². The number of rotatable bonds is 4. The fourth-order valence-corrected chi connectivity index (χ4v) is 3.05. The summed E-state index contributed by atoms with van der Waals surface area (Å²) in [6, 6.07) is 12.9. The number of benzene rings is 2. The molecule has 2 heterocycles. The molecule has 5 nitrogen and oxygen atoms in total. The summed E-state index contributed by atoms with van der Waals surface area (Å²) >= 11 is 0. The Labute approximate surface area is 164 Å². The number of aryl methyl sites for hydroxylation is 2. The van der Waals surface area contributed by atoms with Crippen LogP contribution in [0.25, 0.3) is 22.3 Å². The van der Waals surface area contributed by atoms with E-state index in [0.29, 0.717) is 28.7 Å². The van der Waals surface area contributed by atoms with Crippen molar-refractivity contribution in [3.8, 4) is 11.4 Å². The van der Waals surface area contributed by atoms with Crippen LogP contribution in [-0.4, -0.2) is 15.1 Å². The minimum atomic E-state index is -4.39. The predicted molar refractivity (Wildman–Crippen MR) is 103 cm³/mol. The summed E-state index contributed by atoms with van der Waals surface area (Å²) in [4.78, 5) is 8.90. The van der Waals surface area contributed by atoms with Gasteiger partial charge in [-0.3, -0.25) is 0 Å². The van der Waals surface area contributed by atoms with E-state index < -0.39 is 11.7 Å². The average Bonchev–Trinajstić information content (AvgIpc) is 3.11. The van der Waals surface area contributed by atoms with E-state index in [9.17, 15) is 13.2 Å². The quantitative estimate of drug-likeness (QED) is 0.490. The third-order valence-electron chi connectivity index (χ3n) is 4.45. The zero-order valence-electron chi connectivity index (χ0n) is 15.7. The lowest BCUT2D eigenvalue weighted by Crippen LogP contribution is -2.08. The molecule has 0 saturated heterocycles. The normalized spacial score (nSPS) is 11.8. The van der Waals surface area contributed by atoms with Crippen LogP contribution in [0, 0.1) is 13.8 Å². The molecule has 4 rings (SSSR count). The largest absolute Gasteiger partial charge is 0.416 e. The molecule has 2 aromatic heterocycles. The van der Waals surface area contributed by atoms with Crippen molar-refractivity contribution >= 4 is 16.7 Å². The van der Waals surface area contributed by atoms with Gasteiger partial charge < -0.3 is 9.84 Å². The highest BCUT2D eigenvalue weighted by atomic mass is 19.4. The fraction of sp³-hybridized carbons (Fsp3) is 0.190. The number of fused-ring (bicyclic) bond motifs is 1. The van der Waals surface area contributed by atoms with Gasteiger partial charge in [0.1, 0.15) is 5.82 Å². The Bertz CT molecular complexity index is 1180. The van der Waals surface area contributed by atoms with Crippen LogP contribution < -0.4 is 5.32 Å². The number of aromatic nitrogens is 3. The summed E-state index contributed by atoms with van der Waals surface area (Å²) in [7, 11) is 0. The lowest BCUT2D eigenvalue weighted by molar-refractivity contribution is -0.137. The molecule has 4 aromatic rings. The second-order valence-electron chi connectivity index (χ2n) is 6.77. The van der Waals surface area contributed by atoms with Crippen LogP contribution in [0.1, 0.15) is 22.6 Å². The smallest absolute Gasteiger partial charge is 0.365 e. The molecule has 0 spiro atoms. The van der Waals surface area contributed by atoms with Gasteiger partial charge in [-0.1, -0.05) is 28.9 Å². The lowest BCUT2D eigenvalue weighted by atomic mass is 10.1. The van der Waals surface area contributed by atoms with Crippen LogP contribution in [0.3, 0.4) is 0 Å². The molecule has 148 valence electrons. The molecular formula is C21H17F3N4O. The number of nitrogens with one attached hydrogen (secondary N) is 1. The van der Waals surface area contributed by atoms with Crippen LogP contribution in [0.15, 0.2) is 53.1 Å². The number of nitrogens with zero attached hydrogens (tertiary/aromatic N) is 3. The maximum absolute atomic E-state index is 13.0. The van der Waals surface area contributed by atoms with Gasteiger partial charge in [0.25, 0.3) is 0 Å². The molecule has 8 heteroatoms. The Kier molecular flexibility index (Phi) is 4.70. The van der Waals surface area contributed by atoms with E-state index in [0.717, 1.165) is 28.6 Å². The standard InChI is InChI=1S/C21H17F3N4O/c1-12-6-7-18-15(8-12)10-17(20-26-13(2)29-28-20)19(27-18)25-11-14-4-3-5-16(9-14)21(22,23)24/h3-10H,11H2,1-2H3,(H,25,27). The highest BCUT2D eigenvalue weighted by Gasteiger charge is 2.30. The molecule has 0 amide bonds. The lowest BCUT2D eigenvalue weighted by Gasteiger charge is -2.13. The molecule has 2 aromatic carbocycles. The summed E-state index contributed by atoms with van der Waals surface area (Å²) in [6.45, 7) is 3.83. The first-order valence-corrected chi connectivity index (χ1v) is 8.92. The topological polar surface area (TPSA) is 63.8 Å². The van der Waals surface area contributed by atoms with Gasteiger partial charge in [-0.05, 0) is 42.8 Å². The Morgan fingerprint density at radius 3 is 2.55 bits per heavy atom. The SMILES string of the molecule is Cc1ccc2nc(NCc3cccc(C(F)(F)F)c3)c(-c3noc(C)n3)cc2c1. The molecule has 29 heavy (non-hydrogen) atoms. The Morgan fingerprint density at radius 2 is 1.83 bits per heavy atom. The molecule has 1 N–H and O–H groups in total. The van der Waals surface area contributed by atoms with Gasteiger partial charge in [0.15, 0.2) is 0 Å². The molecule has 0 aliphatic rings. The van der Waals surface area contributed by atoms with Crippen molar-refractivity contribution < 1.29 is 17.7 Å². The number of hydrogen-bond donors (Lipinski definition) is 1. The number of hydrogen-bond acceptors (Lipinski definition) is 5. The predicted octanol–water partition coefficient (Wildman–Crippen LogP) is 5.53. The number of alkyl halides is 3. The van der Waals surface area contributed by atoms with E-state index in [-0.39, 0.29) is 6.54 Å². The first-order chi connectivity index (χ1) is 13.8. The number of halogens is 3. The fourth-order valence-electron chi connectivity index (χ4n) is 3.05. The van der Waals surface area contributed by atoms with Gasteiger partial charge in [0.05, 0.1) is 16.6 Å². The van der Waals surface area contributed by atoms with E-state index >= 15 is 0 Å². The van der Waals surface area contributed by atoms with E-state index in [1.165, 1.54) is 6.07 Å². The molecule has 0 radical (unpaired) electrons. The zero-order valence-corrected chi connectivity index (χ0v) is 15.7. The third-order valence-corrected chi connectivity index (χ3v) is 4.45. The number of anilines is 1. The van der Waals surface area contributed by atoms with Crippen molar-refractivity contribution in [3.63, 3.8) is 0 Å². The minimum absolute atomic E-state index is 0.165. The Balaban J connectivity index is 1.71. The van der Waals surface area contributed by atoms with Gasteiger partial charge in [-0.25, -0.2) is 4.98 Å². The van der Waals surface area contributed by atoms with E-state index in [2.05, 4.69) is 20.4 Å². The molecule has 0 saturated carbocycles. The van der Waals surface area contributed by atoms with Gasteiger partial charge in [-0.15, -0.1) is 0 Å².